The van der Waals surface area contributed by atoms with Crippen molar-refractivity contribution in [3.05, 3.63) is 70.0 Å². The Morgan fingerprint density at radius 2 is 1.81 bits per heavy atom. The normalized spacial score (nSPS) is 16.3. The van der Waals surface area contributed by atoms with Gasteiger partial charge in [0.05, 0.1) is 18.1 Å². The molecule has 0 unspecified atom stereocenters. The van der Waals surface area contributed by atoms with E-state index < -0.39 is 6.61 Å². The summed E-state index contributed by atoms with van der Waals surface area (Å²) < 4.78 is 0. The molecular formula is C29H31N5O3. The van der Waals surface area contributed by atoms with E-state index in [1.165, 1.54) is 12.0 Å². The van der Waals surface area contributed by atoms with Gasteiger partial charge in [-0.1, -0.05) is 24.6 Å². The monoisotopic (exact) mass is 497 g/mol. The number of aromatic amines is 1. The van der Waals surface area contributed by atoms with Crippen molar-refractivity contribution in [3.63, 3.8) is 0 Å². The lowest BCUT2D eigenvalue weighted by Gasteiger charge is -2.33. The van der Waals surface area contributed by atoms with Crippen molar-refractivity contribution in [2.75, 3.05) is 19.7 Å². The third-order valence-corrected chi connectivity index (χ3v) is 7.79. The Labute approximate surface area is 216 Å². The molecule has 1 saturated heterocycles. The lowest BCUT2D eigenvalue weighted by atomic mass is 9.77. The molecule has 2 aliphatic rings. The summed E-state index contributed by atoms with van der Waals surface area (Å²) in [6, 6.07) is 14.0. The number of amides is 1. The van der Waals surface area contributed by atoms with Gasteiger partial charge in [0.15, 0.2) is 11.6 Å². The van der Waals surface area contributed by atoms with Crippen molar-refractivity contribution in [2.24, 2.45) is 0 Å². The molecule has 37 heavy (non-hydrogen) atoms. The number of carbonyl (C=O) groups is 2. The molecule has 8 nitrogen and oxygen atoms in total. The van der Waals surface area contributed by atoms with Crippen molar-refractivity contribution in [3.8, 4) is 17.5 Å². The number of nitriles is 1. The smallest absolute Gasteiger partial charge is 0.254 e. The molecule has 2 aromatic carbocycles. The Kier molecular flexibility index (Phi) is 7.15. The topological polar surface area (TPSA) is 123 Å². The Bertz CT molecular complexity index is 1340. The van der Waals surface area contributed by atoms with Gasteiger partial charge in [0.2, 0.25) is 0 Å². The van der Waals surface area contributed by atoms with Gasteiger partial charge in [-0.3, -0.25) is 9.59 Å². The number of carbonyl (C=O) groups excluding carboxylic acids is 2. The number of H-pyrrole nitrogens is 1. The predicted octanol–water partition coefficient (Wildman–Crippen LogP) is 4.04. The summed E-state index contributed by atoms with van der Waals surface area (Å²) in [5.74, 6) is 1.46. The number of ketones is 1. The van der Waals surface area contributed by atoms with Gasteiger partial charge in [-0.2, -0.15) is 5.26 Å². The van der Waals surface area contributed by atoms with E-state index >= 15 is 0 Å². The van der Waals surface area contributed by atoms with Crippen LogP contribution < -0.4 is 0 Å². The predicted molar refractivity (Wildman–Crippen MR) is 138 cm³/mol. The van der Waals surface area contributed by atoms with Crippen LogP contribution in [0.25, 0.3) is 11.4 Å². The summed E-state index contributed by atoms with van der Waals surface area (Å²) in [5.41, 5.74) is 5.53. The largest absolute Gasteiger partial charge is 0.389 e. The summed E-state index contributed by atoms with van der Waals surface area (Å²) in [6.45, 7) is 2.82. The van der Waals surface area contributed by atoms with E-state index in [1.54, 1.807) is 0 Å². The molecule has 0 atom stereocenters. The van der Waals surface area contributed by atoms with Crippen molar-refractivity contribution >= 4 is 11.7 Å². The SMILES string of the molecule is Cc1cc(C2CCC2)c(-c2nnc(CC(=O)CO)[nH]2)cc1C(=O)N1CCC(c2ccc(C#N)cc2)CC1. The van der Waals surface area contributed by atoms with E-state index in [0.29, 0.717) is 47.7 Å². The fraction of sp³-hybridized carbons (Fsp3) is 0.414. The standard InChI is InChI=1S/C29H31N5O3/c1-18-13-25(22-3-2-4-22)26(28-31-27(32-33-28)14-23(36)17-35)15-24(18)29(37)34-11-9-21(10-12-34)20-7-5-19(16-30)6-8-20/h5-8,13,15,21-22,35H,2-4,9-12,14,17H2,1H3,(H,31,32,33). The highest BCUT2D eigenvalue weighted by Crippen LogP contribution is 2.42. The van der Waals surface area contributed by atoms with Gasteiger partial charge >= 0.3 is 0 Å². The van der Waals surface area contributed by atoms with Gasteiger partial charge < -0.3 is 15.0 Å². The highest BCUT2D eigenvalue weighted by atomic mass is 16.3. The first-order chi connectivity index (χ1) is 18.0. The summed E-state index contributed by atoms with van der Waals surface area (Å²) in [4.78, 5) is 30.4. The summed E-state index contributed by atoms with van der Waals surface area (Å²) in [5, 5.41) is 26.5. The maximum Gasteiger partial charge on any atom is 0.254 e. The van der Waals surface area contributed by atoms with E-state index in [0.717, 1.165) is 42.4 Å². The van der Waals surface area contributed by atoms with Crippen molar-refractivity contribution < 1.29 is 14.7 Å². The zero-order valence-electron chi connectivity index (χ0n) is 21.0. The number of hydrogen-bond donors (Lipinski definition) is 2. The lowest BCUT2D eigenvalue weighted by Crippen LogP contribution is -2.38. The molecule has 1 aromatic heterocycles. The number of hydrogen-bond acceptors (Lipinski definition) is 6. The van der Waals surface area contributed by atoms with Crippen LogP contribution in [0.5, 0.6) is 0 Å². The molecule has 0 bridgehead atoms. The number of likely N-dealkylation sites (tertiary alicyclic amines) is 1. The second kappa shape index (κ2) is 10.7. The molecule has 2 heterocycles. The van der Waals surface area contributed by atoms with Crippen LogP contribution in [0.1, 0.15) is 82.4 Å². The number of aliphatic hydroxyl groups is 1. The summed E-state index contributed by atoms with van der Waals surface area (Å²) in [6.07, 6.45) is 5.15. The van der Waals surface area contributed by atoms with Gasteiger partial charge in [-0.25, -0.2) is 0 Å². The maximum absolute atomic E-state index is 13.7. The van der Waals surface area contributed by atoms with Crippen molar-refractivity contribution in [2.45, 2.75) is 57.3 Å². The Balaban J connectivity index is 1.37. The maximum atomic E-state index is 13.7. The van der Waals surface area contributed by atoms with Crippen LogP contribution >= 0.6 is 0 Å². The number of piperidine rings is 1. The van der Waals surface area contributed by atoms with Gasteiger partial charge in [-0.05, 0) is 79.3 Å². The van der Waals surface area contributed by atoms with Gasteiger partial charge in [-0.15, -0.1) is 10.2 Å². The van der Waals surface area contributed by atoms with Gasteiger partial charge in [0.25, 0.3) is 5.91 Å². The number of aliphatic hydroxyl groups excluding tert-OH is 1. The number of benzene rings is 2. The second-order valence-electron chi connectivity index (χ2n) is 10.2. The first kappa shape index (κ1) is 24.8. The number of rotatable bonds is 7. The quantitative estimate of drug-likeness (QED) is 0.508. The van der Waals surface area contributed by atoms with Crippen LogP contribution in [-0.2, 0) is 11.2 Å². The lowest BCUT2D eigenvalue weighted by molar-refractivity contribution is -0.121. The fourth-order valence-corrected chi connectivity index (χ4v) is 5.38. The molecule has 2 fully saturated rings. The van der Waals surface area contributed by atoms with E-state index in [4.69, 9.17) is 10.4 Å². The molecule has 3 aromatic rings. The molecule has 0 radical (unpaired) electrons. The Morgan fingerprint density at radius 1 is 1.08 bits per heavy atom. The minimum absolute atomic E-state index is 0.00586. The Hall–Kier alpha value is -3.83. The number of aromatic nitrogens is 3. The molecule has 0 spiro atoms. The molecule has 1 aliphatic carbocycles. The highest BCUT2D eigenvalue weighted by molar-refractivity contribution is 5.97. The highest BCUT2D eigenvalue weighted by Gasteiger charge is 2.29. The van der Waals surface area contributed by atoms with Gasteiger partial charge in [0, 0.05) is 24.2 Å². The van der Waals surface area contributed by atoms with E-state index in [1.807, 2.05) is 42.2 Å². The third kappa shape index (κ3) is 5.18. The Morgan fingerprint density at radius 3 is 2.43 bits per heavy atom. The van der Waals surface area contributed by atoms with Crippen molar-refractivity contribution in [1.82, 2.24) is 20.1 Å². The van der Waals surface area contributed by atoms with Crippen LogP contribution in [0.2, 0.25) is 0 Å². The molecule has 5 rings (SSSR count). The molecule has 1 amide bonds. The molecule has 1 saturated carbocycles. The number of nitrogens with zero attached hydrogens (tertiary/aromatic N) is 4. The zero-order valence-corrected chi connectivity index (χ0v) is 21.0. The van der Waals surface area contributed by atoms with Crippen molar-refractivity contribution in [1.29, 1.82) is 5.26 Å². The van der Waals surface area contributed by atoms with Crippen LogP contribution in [0.4, 0.5) is 0 Å². The average molecular weight is 498 g/mol. The van der Waals surface area contributed by atoms with E-state index in [-0.39, 0.29) is 18.1 Å². The molecule has 8 heteroatoms. The number of nitrogens with one attached hydrogen (secondary N) is 1. The number of Topliss-reactive ketones (excluding diaryl/α,β-unsaturated/α-hetero) is 1. The van der Waals surface area contributed by atoms with E-state index in [2.05, 4.69) is 27.3 Å². The van der Waals surface area contributed by atoms with Crippen LogP contribution in [0.15, 0.2) is 36.4 Å². The first-order valence-corrected chi connectivity index (χ1v) is 12.9. The minimum atomic E-state index is -0.533. The van der Waals surface area contributed by atoms with E-state index in [9.17, 15) is 9.59 Å². The van der Waals surface area contributed by atoms with Crippen LogP contribution in [0, 0.1) is 18.3 Å². The van der Waals surface area contributed by atoms with Gasteiger partial charge in [0.1, 0.15) is 12.4 Å². The molecule has 190 valence electrons. The average Bonchev–Trinajstić information content (AvgIpc) is 3.35. The van der Waals surface area contributed by atoms with Crippen LogP contribution in [-0.4, -0.2) is 56.6 Å². The fourth-order valence-electron chi connectivity index (χ4n) is 5.38. The second-order valence-corrected chi connectivity index (χ2v) is 10.2. The number of aryl methyl sites for hydroxylation is 1. The minimum Gasteiger partial charge on any atom is -0.389 e. The molecular weight excluding hydrogens is 466 g/mol. The summed E-state index contributed by atoms with van der Waals surface area (Å²) in [7, 11) is 0. The zero-order chi connectivity index (χ0) is 25.9. The molecule has 2 N–H and O–H groups in total. The third-order valence-electron chi connectivity index (χ3n) is 7.79. The first-order valence-electron chi connectivity index (χ1n) is 12.9. The summed E-state index contributed by atoms with van der Waals surface area (Å²) >= 11 is 0. The van der Waals surface area contributed by atoms with Crippen LogP contribution in [0.3, 0.4) is 0 Å². The molecule has 1 aliphatic heterocycles.